The van der Waals surface area contributed by atoms with Crippen LogP contribution in [0.15, 0.2) is 5.38 Å². The normalized spacial score (nSPS) is 24.3. The van der Waals surface area contributed by atoms with Crippen LogP contribution in [0.5, 0.6) is 0 Å². The second kappa shape index (κ2) is 6.11. The molecule has 116 valence electrons. The Hall–Kier alpha value is -1.47. The van der Waals surface area contributed by atoms with Crippen molar-refractivity contribution in [1.29, 1.82) is 0 Å². The molecule has 0 saturated carbocycles. The van der Waals surface area contributed by atoms with E-state index in [4.69, 9.17) is 8.22 Å². The molecule has 1 aliphatic rings. The summed E-state index contributed by atoms with van der Waals surface area (Å²) in [5.41, 5.74) is -3.00. The van der Waals surface area contributed by atoms with Gasteiger partial charge >= 0.3 is 0 Å². The zero-order chi connectivity index (χ0) is 20.6. The monoisotopic (exact) mass is 317 g/mol. The van der Waals surface area contributed by atoms with Crippen molar-refractivity contribution in [3.63, 3.8) is 0 Å². The van der Waals surface area contributed by atoms with Gasteiger partial charge in [0.25, 0.3) is 11.8 Å². The zero-order valence-corrected chi connectivity index (χ0v) is 12.4. The Morgan fingerprint density at radius 2 is 2.43 bits per heavy atom. The number of carbonyl (C=O) groups excluding carboxylic acids is 2. The molecular weight excluding hydrogens is 290 g/mol. The smallest absolute Gasteiger partial charge is 0.280 e. The lowest BCUT2D eigenvalue weighted by Crippen LogP contribution is -2.38. The van der Waals surface area contributed by atoms with Crippen LogP contribution >= 0.6 is 11.3 Å². The van der Waals surface area contributed by atoms with E-state index in [1.807, 2.05) is 6.92 Å². The van der Waals surface area contributed by atoms with Gasteiger partial charge in [-0.25, -0.2) is 4.98 Å². The molecule has 0 bridgehead atoms. The first-order valence-corrected chi connectivity index (χ1v) is 7.43. The minimum Gasteiger partial charge on any atom is -0.389 e. The van der Waals surface area contributed by atoms with E-state index in [1.165, 1.54) is 5.38 Å². The molecule has 1 fully saturated rings. The van der Waals surface area contributed by atoms with Crippen LogP contribution in [-0.2, 0) is 0 Å². The molecule has 1 aliphatic heterocycles. The van der Waals surface area contributed by atoms with E-state index >= 15 is 0 Å². The van der Waals surface area contributed by atoms with Crippen molar-refractivity contribution in [3.05, 3.63) is 16.1 Å². The first-order chi connectivity index (χ1) is 12.3. The Morgan fingerprint density at radius 1 is 1.67 bits per heavy atom. The van der Waals surface area contributed by atoms with Gasteiger partial charge in [0, 0.05) is 32.7 Å². The van der Waals surface area contributed by atoms with Gasteiger partial charge in [-0.15, -0.1) is 11.3 Å². The third kappa shape index (κ3) is 4.01. The van der Waals surface area contributed by atoms with Gasteiger partial charge in [0.05, 0.1) is 5.60 Å². The van der Waals surface area contributed by atoms with E-state index in [0.717, 1.165) is 24.2 Å². The molecule has 7 heteroatoms. The highest BCUT2D eigenvalue weighted by Gasteiger charge is 2.28. The van der Waals surface area contributed by atoms with Crippen molar-refractivity contribution in [2.75, 3.05) is 13.1 Å². The molecule has 2 N–H and O–H groups in total. The topological polar surface area (TPSA) is 82.5 Å². The van der Waals surface area contributed by atoms with Crippen LogP contribution in [0.3, 0.4) is 0 Å². The summed E-state index contributed by atoms with van der Waals surface area (Å²) in [4.78, 5) is 30.3. The average Bonchev–Trinajstić information content (AvgIpc) is 3.18. The van der Waals surface area contributed by atoms with E-state index < -0.39 is 31.8 Å². The molecule has 1 saturated heterocycles. The van der Waals surface area contributed by atoms with E-state index in [2.05, 4.69) is 10.3 Å². The molecule has 1 atom stereocenters. The molecule has 1 unspecified atom stereocenters. The van der Waals surface area contributed by atoms with Gasteiger partial charge in [0.1, 0.15) is 5.69 Å². The summed E-state index contributed by atoms with van der Waals surface area (Å²) in [7, 11) is 0. The minimum absolute atomic E-state index is 0.0880. The molecule has 0 aromatic carbocycles. The summed E-state index contributed by atoms with van der Waals surface area (Å²) in [6.45, 7) is -4.94. The highest BCUT2D eigenvalue weighted by Crippen LogP contribution is 2.20. The molecule has 2 heterocycles. The largest absolute Gasteiger partial charge is 0.389 e. The molecule has 21 heavy (non-hydrogen) atoms. The first kappa shape index (κ1) is 9.53. The SMILES string of the molecule is [2H]C([2H])([2H])C(O)(CNC(=O)c1nc(C(=O)N2CCCC2C)cs1)C([2H])([2H])[2H]. The number of nitrogens with zero attached hydrogens (tertiary/aromatic N) is 2. The molecular formula is C14H21N3O3S. The standard InChI is InChI=1S/C14H21N3O3S/c1-9-5-4-6-17(9)13(19)10-7-21-12(16-10)11(18)15-8-14(2,3)20/h7,9,20H,4-6,8H2,1-3H3,(H,15,18)/i2D3,3D3. The number of aliphatic hydroxyl groups is 1. The van der Waals surface area contributed by atoms with Gasteiger partial charge in [-0.2, -0.15) is 0 Å². The number of nitrogens with one attached hydrogen (secondary N) is 1. The van der Waals surface area contributed by atoms with Crippen LogP contribution in [0.4, 0.5) is 0 Å². The Kier molecular flexibility index (Phi) is 2.77. The summed E-state index contributed by atoms with van der Waals surface area (Å²) < 4.78 is 43.6. The van der Waals surface area contributed by atoms with Crippen molar-refractivity contribution in [3.8, 4) is 0 Å². The summed E-state index contributed by atoms with van der Waals surface area (Å²) in [6.07, 6.45) is 1.79. The quantitative estimate of drug-likeness (QED) is 0.876. The Bertz CT molecular complexity index is 704. The van der Waals surface area contributed by atoms with Crippen molar-refractivity contribution >= 4 is 23.2 Å². The fourth-order valence-electron chi connectivity index (χ4n) is 2.14. The van der Waals surface area contributed by atoms with Gasteiger partial charge in [-0.3, -0.25) is 9.59 Å². The summed E-state index contributed by atoms with van der Waals surface area (Å²) in [5, 5.41) is 13.5. The van der Waals surface area contributed by atoms with Gasteiger partial charge in [-0.05, 0) is 33.5 Å². The molecule has 0 spiro atoms. The van der Waals surface area contributed by atoms with Crippen LogP contribution in [-0.4, -0.2) is 51.5 Å². The molecule has 6 nitrogen and oxygen atoms in total. The Balaban J connectivity index is 2.09. The molecule has 1 aromatic rings. The van der Waals surface area contributed by atoms with Gasteiger partial charge in [0.15, 0.2) is 5.01 Å². The van der Waals surface area contributed by atoms with Crippen molar-refractivity contribution < 1.29 is 22.9 Å². The molecule has 0 aliphatic carbocycles. The summed E-state index contributed by atoms with van der Waals surface area (Å²) in [5.74, 6) is -1.16. The van der Waals surface area contributed by atoms with E-state index in [1.54, 1.807) is 4.90 Å². The van der Waals surface area contributed by atoms with Gasteiger partial charge in [-0.1, -0.05) is 0 Å². The lowest BCUT2D eigenvalue weighted by Gasteiger charge is -2.20. The number of hydrogen-bond donors (Lipinski definition) is 2. The fourth-order valence-corrected chi connectivity index (χ4v) is 2.85. The van der Waals surface area contributed by atoms with Crippen molar-refractivity contribution in [1.82, 2.24) is 15.2 Å². The number of carbonyl (C=O) groups is 2. The van der Waals surface area contributed by atoms with Crippen molar-refractivity contribution in [2.45, 2.75) is 45.1 Å². The van der Waals surface area contributed by atoms with E-state index in [9.17, 15) is 14.7 Å². The third-order valence-electron chi connectivity index (χ3n) is 3.24. The maximum atomic E-state index is 12.4. The highest BCUT2D eigenvalue weighted by atomic mass is 32.1. The number of hydrogen-bond acceptors (Lipinski definition) is 5. The van der Waals surface area contributed by atoms with E-state index in [0.29, 0.717) is 6.54 Å². The number of likely N-dealkylation sites (tertiary alicyclic amines) is 1. The first-order valence-electron chi connectivity index (χ1n) is 9.55. The molecule has 2 rings (SSSR count). The number of amides is 2. The molecule has 0 radical (unpaired) electrons. The third-order valence-corrected chi connectivity index (χ3v) is 4.08. The van der Waals surface area contributed by atoms with Crippen molar-refractivity contribution in [2.24, 2.45) is 0 Å². The van der Waals surface area contributed by atoms with Crippen LogP contribution in [0.1, 0.15) is 62.0 Å². The van der Waals surface area contributed by atoms with Crippen LogP contribution in [0.2, 0.25) is 0 Å². The predicted octanol–water partition coefficient (Wildman–Crippen LogP) is 1.27. The predicted molar refractivity (Wildman–Crippen MR) is 80.5 cm³/mol. The van der Waals surface area contributed by atoms with E-state index in [-0.39, 0.29) is 22.7 Å². The fraction of sp³-hybridized carbons (Fsp3) is 0.643. The maximum absolute atomic E-state index is 12.4. The number of rotatable bonds is 4. The number of aromatic nitrogens is 1. The molecule has 2 amide bonds. The summed E-state index contributed by atoms with van der Waals surface area (Å²) >= 11 is 0.878. The average molecular weight is 317 g/mol. The Labute approximate surface area is 136 Å². The lowest BCUT2D eigenvalue weighted by atomic mass is 10.1. The maximum Gasteiger partial charge on any atom is 0.280 e. The van der Waals surface area contributed by atoms with Crippen LogP contribution in [0.25, 0.3) is 0 Å². The second-order valence-corrected chi connectivity index (χ2v) is 5.93. The Morgan fingerprint density at radius 3 is 3.05 bits per heavy atom. The van der Waals surface area contributed by atoms with Gasteiger partial charge < -0.3 is 15.3 Å². The number of thiazole rings is 1. The minimum atomic E-state index is -3.23. The lowest BCUT2D eigenvalue weighted by molar-refractivity contribution is 0.0692. The van der Waals surface area contributed by atoms with Crippen LogP contribution < -0.4 is 5.32 Å². The van der Waals surface area contributed by atoms with Crippen LogP contribution in [0, 0.1) is 0 Å². The summed E-state index contributed by atoms with van der Waals surface area (Å²) in [6, 6.07) is 0.0880. The molecule has 1 aromatic heterocycles. The van der Waals surface area contributed by atoms with Gasteiger partial charge in [0.2, 0.25) is 0 Å². The zero-order valence-electron chi connectivity index (χ0n) is 17.5. The second-order valence-electron chi connectivity index (χ2n) is 5.07. The highest BCUT2D eigenvalue weighted by molar-refractivity contribution is 7.11.